The number of hydrogen-bond acceptors (Lipinski definition) is 9. The van der Waals surface area contributed by atoms with Gasteiger partial charge in [-0.3, -0.25) is 9.88 Å². The van der Waals surface area contributed by atoms with Crippen LogP contribution in [0.1, 0.15) is 79.2 Å². The lowest BCUT2D eigenvalue weighted by atomic mass is 9.94. The van der Waals surface area contributed by atoms with Gasteiger partial charge in [0.1, 0.15) is 43.6 Å². The van der Waals surface area contributed by atoms with Gasteiger partial charge in [-0.2, -0.15) is 9.97 Å². The van der Waals surface area contributed by atoms with E-state index < -0.39 is 25.6 Å². The number of alkyl halides is 1. The monoisotopic (exact) mass is 797 g/mol. The van der Waals surface area contributed by atoms with Crippen molar-refractivity contribution in [3.05, 3.63) is 47.9 Å². The maximum atomic E-state index is 17.6. The molecular formula is C45H57F2N5O4Si. The number of benzene rings is 2. The van der Waals surface area contributed by atoms with E-state index in [0.717, 1.165) is 48.6 Å². The van der Waals surface area contributed by atoms with Crippen LogP contribution in [-0.4, -0.2) is 97.5 Å². The van der Waals surface area contributed by atoms with Gasteiger partial charge in [0, 0.05) is 67.7 Å². The molecule has 3 aliphatic heterocycles. The number of rotatable bonds is 11. The van der Waals surface area contributed by atoms with Gasteiger partial charge in [-0.05, 0) is 72.4 Å². The van der Waals surface area contributed by atoms with E-state index in [1.807, 2.05) is 30.3 Å². The Bertz CT molecular complexity index is 2170. The van der Waals surface area contributed by atoms with Gasteiger partial charge in [0.15, 0.2) is 12.6 Å². The van der Waals surface area contributed by atoms with Gasteiger partial charge in [0.05, 0.1) is 17.0 Å². The quantitative estimate of drug-likeness (QED) is 0.0910. The second-order valence-electron chi connectivity index (χ2n) is 17.9. The van der Waals surface area contributed by atoms with E-state index in [-0.39, 0.29) is 48.6 Å². The second-order valence-corrected chi connectivity index (χ2v) is 23.5. The van der Waals surface area contributed by atoms with Gasteiger partial charge in [-0.25, -0.2) is 8.78 Å². The average Bonchev–Trinajstić information content (AvgIpc) is 3.76. The number of halogens is 2. The molecule has 4 aromatic rings. The largest absolute Gasteiger partial charge is 0.468 e. The van der Waals surface area contributed by atoms with Crippen molar-refractivity contribution in [1.82, 2.24) is 19.9 Å². The molecule has 2 aromatic carbocycles. The predicted molar refractivity (Wildman–Crippen MR) is 224 cm³/mol. The molecule has 1 unspecified atom stereocenters. The number of aliphatic hydroxyl groups is 1. The molecule has 0 amide bonds. The van der Waals surface area contributed by atoms with Crippen molar-refractivity contribution in [3.8, 4) is 34.5 Å². The van der Waals surface area contributed by atoms with E-state index >= 15 is 4.39 Å². The number of fused-ring (bicyclic) bond motifs is 5. The summed E-state index contributed by atoms with van der Waals surface area (Å²) in [5.74, 6) is 4.29. The van der Waals surface area contributed by atoms with Crippen molar-refractivity contribution in [2.24, 2.45) is 11.8 Å². The first kappa shape index (κ1) is 39.9. The van der Waals surface area contributed by atoms with E-state index in [2.05, 4.69) is 62.8 Å². The van der Waals surface area contributed by atoms with E-state index in [9.17, 15) is 9.50 Å². The maximum absolute atomic E-state index is 17.6. The Morgan fingerprint density at radius 3 is 2.44 bits per heavy atom. The lowest BCUT2D eigenvalue weighted by molar-refractivity contribution is 0.0512. The fourth-order valence-corrected chi connectivity index (χ4v) is 16.3. The summed E-state index contributed by atoms with van der Waals surface area (Å²) < 4.78 is 50.0. The number of anilines is 1. The number of nitrogens with zero attached hydrogens (tertiary/aromatic N) is 5. The number of hydrogen-bond donors (Lipinski definition) is 1. The van der Waals surface area contributed by atoms with Crippen molar-refractivity contribution in [3.63, 3.8) is 0 Å². The summed E-state index contributed by atoms with van der Waals surface area (Å²) in [5, 5.41) is 13.0. The molecule has 57 heavy (non-hydrogen) atoms. The molecule has 4 aliphatic rings. The molecule has 0 radical (unpaired) electrons. The molecular weight excluding hydrogens is 741 g/mol. The van der Waals surface area contributed by atoms with Gasteiger partial charge in [-0.1, -0.05) is 59.6 Å². The lowest BCUT2D eigenvalue weighted by Gasteiger charge is -2.38. The highest BCUT2D eigenvalue weighted by molar-refractivity contribution is 6.90. The van der Waals surface area contributed by atoms with Crippen LogP contribution in [0.15, 0.2) is 36.5 Å². The van der Waals surface area contributed by atoms with Crippen LogP contribution in [0.5, 0.6) is 11.8 Å². The molecule has 1 N–H and O–H groups in total. The van der Waals surface area contributed by atoms with Crippen molar-refractivity contribution in [2.45, 2.75) is 108 Å². The summed E-state index contributed by atoms with van der Waals surface area (Å²) in [7, 11) is -0.545. The van der Waals surface area contributed by atoms with Crippen LogP contribution < -0.4 is 14.4 Å². The molecule has 5 atom stereocenters. The summed E-state index contributed by atoms with van der Waals surface area (Å²) in [6, 6.07) is 9.78. The SMILES string of the molecule is COCOc1cc(-c2ncc3c(N4C[C@H]5CC[C@@H](C4)C5O)nc(OC[C@@]45CCCN4C[C@H](F)C5)nc3c2F)c2c(C#C[Si](C(C)C)(C(C)C)C(C)C)cccc2c1. The Labute approximate surface area is 336 Å². The van der Waals surface area contributed by atoms with Crippen molar-refractivity contribution >= 4 is 35.6 Å². The Morgan fingerprint density at radius 1 is 1.00 bits per heavy atom. The van der Waals surface area contributed by atoms with Crippen LogP contribution in [0.25, 0.3) is 32.9 Å². The summed E-state index contributed by atoms with van der Waals surface area (Å²) in [4.78, 5) is 18.9. The zero-order valence-electron chi connectivity index (χ0n) is 34.4. The zero-order chi connectivity index (χ0) is 40.2. The van der Waals surface area contributed by atoms with Crippen LogP contribution >= 0.6 is 0 Å². The molecule has 8 rings (SSSR count). The summed E-state index contributed by atoms with van der Waals surface area (Å²) in [5.41, 5.74) is 6.34. The topological polar surface area (TPSA) is 93.1 Å². The summed E-state index contributed by atoms with van der Waals surface area (Å²) in [6.07, 6.45) is 4.48. The smallest absolute Gasteiger partial charge is 0.319 e. The minimum Gasteiger partial charge on any atom is -0.468 e. The zero-order valence-corrected chi connectivity index (χ0v) is 35.4. The molecule has 1 aliphatic carbocycles. The van der Waals surface area contributed by atoms with Gasteiger partial charge in [0.2, 0.25) is 0 Å². The minimum absolute atomic E-state index is 0.0231. The molecule has 2 bridgehead atoms. The third kappa shape index (κ3) is 7.06. The van der Waals surface area contributed by atoms with Gasteiger partial charge in [-0.15, -0.1) is 5.54 Å². The number of ether oxygens (including phenoxy) is 3. The van der Waals surface area contributed by atoms with Crippen LogP contribution in [0.3, 0.4) is 0 Å². The molecule has 5 heterocycles. The van der Waals surface area contributed by atoms with Gasteiger partial charge < -0.3 is 24.2 Å². The predicted octanol–water partition coefficient (Wildman–Crippen LogP) is 8.70. The number of methoxy groups -OCH3 is 1. The Balaban J connectivity index is 1.29. The van der Waals surface area contributed by atoms with E-state index in [0.29, 0.717) is 65.2 Å². The fraction of sp³-hybridized carbons (Fsp3) is 0.578. The van der Waals surface area contributed by atoms with Crippen LogP contribution in [-0.2, 0) is 4.74 Å². The first-order chi connectivity index (χ1) is 27.3. The third-order valence-corrected chi connectivity index (χ3v) is 20.1. The van der Waals surface area contributed by atoms with Crippen molar-refractivity contribution in [2.75, 3.05) is 51.6 Å². The Kier molecular flexibility index (Phi) is 11.0. The molecule has 1 saturated carbocycles. The van der Waals surface area contributed by atoms with Crippen molar-refractivity contribution in [1.29, 1.82) is 0 Å². The van der Waals surface area contributed by atoms with Crippen molar-refractivity contribution < 1.29 is 28.1 Å². The standard InChI is InChI=1S/C45H57F2N5O4Si/c1-27(2)57(28(3)4,29(5)6)17-14-30-10-8-11-31-18-35(56-26-54-7)19-36(38(30)31)40-39(47)41-37(21-48-40)43(51-22-32-12-13-33(23-51)42(32)53)50-44(49-41)55-25-45-15-9-16-52(45)24-34(46)20-45/h8,10-11,18-19,21,27-29,32-34,42,53H,9,12-13,15-16,20,22-26H2,1-7H3/t32-,33+,34-,42?,45+/m1/s1. The molecule has 3 saturated heterocycles. The number of aromatic nitrogens is 3. The summed E-state index contributed by atoms with van der Waals surface area (Å²) in [6.45, 7) is 16.4. The maximum Gasteiger partial charge on any atom is 0.319 e. The molecule has 2 aromatic heterocycles. The molecule has 9 nitrogen and oxygen atoms in total. The third-order valence-electron chi connectivity index (χ3n) is 13.8. The van der Waals surface area contributed by atoms with E-state index in [1.54, 1.807) is 13.3 Å². The Morgan fingerprint density at radius 2 is 1.74 bits per heavy atom. The molecule has 304 valence electrons. The fourth-order valence-electron chi connectivity index (χ4n) is 11.0. The van der Waals surface area contributed by atoms with Gasteiger partial charge >= 0.3 is 6.01 Å². The van der Waals surface area contributed by atoms with Crippen LogP contribution in [0.2, 0.25) is 16.6 Å². The second kappa shape index (κ2) is 15.7. The lowest BCUT2D eigenvalue weighted by Crippen LogP contribution is -2.45. The molecule has 4 fully saturated rings. The Hall–Kier alpha value is -3.89. The summed E-state index contributed by atoms with van der Waals surface area (Å²) >= 11 is 0. The highest BCUT2D eigenvalue weighted by Gasteiger charge is 2.50. The van der Waals surface area contributed by atoms with Crippen LogP contribution in [0, 0.1) is 29.1 Å². The highest BCUT2D eigenvalue weighted by Crippen LogP contribution is 2.45. The number of pyridine rings is 1. The van der Waals surface area contributed by atoms with E-state index in [1.165, 1.54) is 0 Å². The molecule has 0 spiro atoms. The number of aliphatic hydroxyl groups excluding tert-OH is 1. The minimum atomic E-state index is -2.11. The normalized spacial score (nSPS) is 24.9. The van der Waals surface area contributed by atoms with E-state index in [4.69, 9.17) is 29.2 Å². The first-order valence-electron chi connectivity index (χ1n) is 20.9. The average molecular weight is 798 g/mol. The molecule has 12 heteroatoms. The first-order valence-corrected chi connectivity index (χ1v) is 23.1. The van der Waals surface area contributed by atoms with Crippen LogP contribution in [0.4, 0.5) is 14.6 Å². The van der Waals surface area contributed by atoms with Gasteiger partial charge in [0.25, 0.3) is 0 Å². The highest BCUT2D eigenvalue weighted by atomic mass is 28.3. The number of piperidine rings is 1.